The van der Waals surface area contributed by atoms with Gasteiger partial charge in [-0.25, -0.2) is 15.0 Å². The quantitative estimate of drug-likeness (QED) is 0.670. The number of Topliss-reactive ketones (excluding diaryl/α,β-unsaturated/α-hetero) is 1. The SMILES string of the molecule is O=C(CN1CCCn2c1nc(-c1ccncn1)cc2=O)c1ccccc1. The van der Waals surface area contributed by atoms with Crippen molar-refractivity contribution >= 4 is 11.7 Å². The molecule has 7 nitrogen and oxygen atoms in total. The summed E-state index contributed by atoms with van der Waals surface area (Å²) in [5, 5.41) is 0. The van der Waals surface area contributed by atoms with Crippen LogP contribution in [-0.2, 0) is 6.54 Å². The van der Waals surface area contributed by atoms with E-state index in [0.29, 0.717) is 36.0 Å². The second kappa shape index (κ2) is 6.87. The predicted molar refractivity (Wildman–Crippen MR) is 97.1 cm³/mol. The molecule has 0 saturated heterocycles. The van der Waals surface area contributed by atoms with Gasteiger partial charge in [0.1, 0.15) is 6.33 Å². The van der Waals surface area contributed by atoms with Crippen LogP contribution in [0.15, 0.2) is 59.8 Å². The van der Waals surface area contributed by atoms with Gasteiger partial charge in [-0.2, -0.15) is 0 Å². The van der Waals surface area contributed by atoms with Crippen molar-refractivity contribution in [3.8, 4) is 11.4 Å². The molecule has 0 N–H and O–H groups in total. The van der Waals surface area contributed by atoms with Gasteiger partial charge in [0.2, 0.25) is 5.95 Å². The summed E-state index contributed by atoms with van der Waals surface area (Å²) in [7, 11) is 0. The molecule has 0 unspecified atom stereocenters. The van der Waals surface area contributed by atoms with Crippen LogP contribution in [-0.4, -0.2) is 38.4 Å². The Bertz CT molecular complexity index is 986. The van der Waals surface area contributed by atoms with Crippen LogP contribution in [0.5, 0.6) is 0 Å². The lowest BCUT2D eigenvalue weighted by Crippen LogP contribution is -2.41. The second-order valence-corrected chi connectivity index (χ2v) is 6.09. The third-order valence-corrected chi connectivity index (χ3v) is 4.36. The van der Waals surface area contributed by atoms with Crippen molar-refractivity contribution < 1.29 is 4.79 Å². The monoisotopic (exact) mass is 347 g/mol. The number of carbonyl (C=O) groups is 1. The summed E-state index contributed by atoms with van der Waals surface area (Å²) in [6.07, 6.45) is 3.83. The average molecular weight is 347 g/mol. The predicted octanol–water partition coefficient (Wildman–Crippen LogP) is 1.79. The van der Waals surface area contributed by atoms with Crippen molar-refractivity contribution in [1.82, 2.24) is 19.5 Å². The minimum Gasteiger partial charge on any atom is -0.334 e. The normalized spacial score (nSPS) is 13.3. The first kappa shape index (κ1) is 16.1. The number of rotatable bonds is 4. The van der Waals surface area contributed by atoms with Crippen molar-refractivity contribution in [3.05, 3.63) is 70.9 Å². The van der Waals surface area contributed by atoms with E-state index in [1.807, 2.05) is 23.1 Å². The fraction of sp³-hybridized carbons (Fsp3) is 0.211. The van der Waals surface area contributed by atoms with Gasteiger partial charge in [0.25, 0.3) is 5.56 Å². The van der Waals surface area contributed by atoms with Crippen LogP contribution in [0.3, 0.4) is 0 Å². The van der Waals surface area contributed by atoms with Crippen LogP contribution >= 0.6 is 0 Å². The molecule has 4 rings (SSSR count). The maximum absolute atomic E-state index is 12.6. The fourth-order valence-corrected chi connectivity index (χ4v) is 3.08. The summed E-state index contributed by atoms with van der Waals surface area (Å²) in [5.41, 5.74) is 1.59. The van der Waals surface area contributed by atoms with E-state index in [1.165, 1.54) is 12.4 Å². The maximum atomic E-state index is 12.6. The molecule has 3 aromatic rings. The van der Waals surface area contributed by atoms with Gasteiger partial charge < -0.3 is 4.90 Å². The molecule has 0 fully saturated rings. The van der Waals surface area contributed by atoms with E-state index in [-0.39, 0.29) is 17.9 Å². The summed E-state index contributed by atoms with van der Waals surface area (Å²) in [6.45, 7) is 1.46. The molecule has 3 heterocycles. The van der Waals surface area contributed by atoms with Gasteiger partial charge in [-0.1, -0.05) is 30.3 Å². The first-order valence-electron chi connectivity index (χ1n) is 8.44. The molecule has 0 spiro atoms. The lowest BCUT2D eigenvalue weighted by atomic mass is 10.1. The summed E-state index contributed by atoms with van der Waals surface area (Å²) in [5.74, 6) is 0.516. The molecular formula is C19H17N5O2. The summed E-state index contributed by atoms with van der Waals surface area (Å²) in [6, 6.07) is 12.3. The van der Waals surface area contributed by atoms with Crippen molar-refractivity contribution in [2.24, 2.45) is 0 Å². The van der Waals surface area contributed by atoms with Crippen LogP contribution < -0.4 is 10.5 Å². The zero-order chi connectivity index (χ0) is 17.9. The second-order valence-electron chi connectivity index (χ2n) is 6.09. The lowest BCUT2D eigenvalue weighted by Gasteiger charge is -2.30. The lowest BCUT2D eigenvalue weighted by molar-refractivity contribution is 0.0997. The van der Waals surface area contributed by atoms with E-state index < -0.39 is 0 Å². The molecule has 0 atom stereocenters. The van der Waals surface area contributed by atoms with Gasteiger partial charge in [0.05, 0.1) is 17.9 Å². The molecule has 0 radical (unpaired) electrons. The Morgan fingerprint density at radius 2 is 1.92 bits per heavy atom. The van der Waals surface area contributed by atoms with Crippen LogP contribution in [0.25, 0.3) is 11.4 Å². The number of carbonyl (C=O) groups excluding carboxylic acids is 1. The number of aromatic nitrogens is 4. The Kier molecular flexibility index (Phi) is 4.27. The molecule has 1 aromatic carbocycles. The molecule has 0 amide bonds. The third-order valence-electron chi connectivity index (χ3n) is 4.36. The number of fused-ring (bicyclic) bond motifs is 1. The van der Waals surface area contributed by atoms with E-state index >= 15 is 0 Å². The van der Waals surface area contributed by atoms with Gasteiger partial charge in [0, 0.05) is 30.9 Å². The molecular weight excluding hydrogens is 330 g/mol. The molecule has 0 saturated carbocycles. The highest BCUT2D eigenvalue weighted by atomic mass is 16.1. The Morgan fingerprint density at radius 3 is 2.69 bits per heavy atom. The molecule has 26 heavy (non-hydrogen) atoms. The number of nitrogens with zero attached hydrogens (tertiary/aromatic N) is 5. The Labute approximate surface area is 150 Å². The van der Waals surface area contributed by atoms with Crippen LogP contribution in [0.2, 0.25) is 0 Å². The van der Waals surface area contributed by atoms with Crippen molar-refractivity contribution in [1.29, 1.82) is 0 Å². The van der Waals surface area contributed by atoms with E-state index in [0.717, 1.165) is 6.42 Å². The molecule has 1 aliphatic heterocycles. The highest BCUT2D eigenvalue weighted by Gasteiger charge is 2.23. The number of hydrogen-bond donors (Lipinski definition) is 0. The molecule has 0 aliphatic carbocycles. The smallest absolute Gasteiger partial charge is 0.255 e. The summed E-state index contributed by atoms with van der Waals surface area (Å²) in [4.78, 5) is 39.7. The van der Waals surface area contributed by atoms with Crippen molar-refractivity contribution in [2.75, 3.05) is 18.0 Å². The number of ketones is 1. The summed E-state index contributed by atoms with van der Waals surface area (Å²) >= 11 is 0. The van der Waals surface area contributed by atoms with Gasteiger partial charge in [-0.05, 0) is 12.5 Å². The van der Waals surface area contributed by atoms with Gasteiger partial charge in [-0.15, -0.1) is 0 Å². The first-order chi connectivity index (χ1) is 12.7. The largest absolute Gasteiger partial charge is 0.334 e. The fourth-order valence-electron chi connectivity index (χ4n) is 3.08. The van der Waals surface area contributed by atoms with E-state index in [9.17, 15) is 9.59 Å². The number of hydrogen-bond acceptors (Lipinski definition) is 6. The maximum Gasteiger partial charge on any atom is 0.255 e. The third kappa shape index (κ3) is 3.11. The highest BCUT2D eigenvalue weighted by Crippen LogP contribution is 2.20. The minimum absolute atomic E-state index is 0.000683. The van der Waals surface area contributed by atoms with E-state index in [4.69, 9.17) is 0 Å². The molecule has 130 valence electrons. The average Bonchev–Trinajstić information content (AvgIpc) is 2.70. The Balaban J connectivity index is 1.70. The van der Waals surface area contributed by atoms with Gasteiger partial charge in [-0.3, -0.25) is 14.2 Å². The molecule has 7 heteroatoms. The van der Waals surface area contributed by atoms with Crippen molar-refractivity contribution in [2.45, 2.75) is 13.0 Å². The zero-order valence-electron chi connectivity index (χ0n) is 14.1. The van der Waals surface area contributed by atoms with Crippen LogP contribution in [0.4, 0.5) is 5.95 Å². The summed E-state index contributed by atoms with van der Waals surface area (Å²) < 4.78 is 1.62. The number of benzene rings is 1. The Morgan fingerprint density at radius 1 is 1.08 bits per heavy atom. The van der Waals surface area contributed by atoms with E-state index in [1.54, 1.807) is 29.0 Å². The van der Waals surface area contributed by atoms with Gasteiger partial charge in [0.15, 0.2) is 5.78 Å². The number of anilines is 1. The van der Waals surface area contributed by atoms with Crippen molar-refractivity contribution in [3.63, 3.8) is 0 Å². The zero-order valence-corrected chi connectivity index (χ0v) is 14.1. The Hall–Kier alpha value is -3.35. The van der Waals surface area contributed by atoms with Crippen LogP contribution in [0.1, 0.15) is 16.8 Å². The highest BCUT2D eigenvalue weighted by molar-refractivity contribution is 5.99. The minimum atomic E-state index is -0.138. The molecule has 2 aromatic heterocycles. The standard InChI is InChI=1S/C19H17N5O2/c25-17(14-5-2-1-3-6-14)12-23-9-4-10-24-18(26)11-16(22-19(23)24)15-7-8-20-13-21-15/h1-3,5-8,11,13H,4,9-10,12H2. The molecule has 0 bridgehead atoms. The van der Waals surface area contributed by atoms with Crippen LogP contribution in [0, 0.1) is 0 Å². The topological polar surface area (TPSA) is 81.0 Å². The molecule has 1 aliphatic rings. The first-order valence-corrected chi connectivity index (χ1v) is 8.44. The van der Waals surface area contributed by atoms with E-state index in [2.05, 4.69) is 15.0 Å². The van der Waals surface area contributed by atoms with Gasteiger partial charge >= 0.3 is 0 Å².